The largest absolute Gasteiger partial charge is 0.462 e. The fourth-order valence-corrected chi connectivity index (χ4v) is 4.00. The first kappa shape index (κ1) is 23.3. The Morgan fingerprint density at radius 2 is 1.76 bits per heavy atom. The number of halogens is 3. The number of amides is 1. The lowest BCUT2D eigenvalue weighted by Crippen LogP contribution is -2.37. The van der Waals surface area contributed by atoms with E-state index in [2.05, 4.69) is 5.32 Å². The van der Waals surface area contributed by atoms with Crippen LogP contribution >= 0.6 is 34.8 Å². The number of nitrogens with one attached hydrogen (secondary N) is 1. The molecule has 156 valence electrons. The van der Waals surface area contributed by atoms with Crippen molar-refractivity contribution in [2.75, 3.05) is 29.0 Å². The molecule has 7 nitrogen and oxygen atoms in total. The van der Waals surface area contributed by atoms with Gasteiger partial charge in [0.05, 0.1) is 39.8 Å². The Bertz CT molecular complexity index is 1040. The Balaban J connectivity index is 2.22. The van der Waals surface area contributed by atoms with Gasteiger partial charge in [0.15, 0.2) is 0 Å². The molecule has 0 aliphatic heterocycles. The van der Waals surface area contributed by atoms with E-state index in [4.69, 9.17) is 39.5 Å². The number of sulfonamides is 1. The van der Waals surface area contributed by atoms with Gasteiger partial charge in [-0.2, -0.15) is 0 Å². The molecule has 0 heterocycles. The van der Waals surface area contributed by atoms with Gasteiger partial charge in [-0.1, -0.05) is 34.8 Å². The monoisotopic (exact) mass is 478 g/mol. The predicted molar refractivity (Wildman–Crippen MR) is 115 cm³/mol. The van der Waals surface area contributed by atoms with Crippen LogP contribution in [-0.4, -0.2) is 39.7 Å². The predicted octanol–water partition coefficient (Wildman–Crippen LogP) is 4.23. The van der Waals surface area contributed by atoms with Crippen LogP contribution in [0.15, 0.2) is 36.4 Å². The highest BCUT2D eigenvalue weighted by atomic mass is 35.5. The van der Waals surface area contributed by atoms with Crippen LogP contribution in [0.25, 0.3) is 0 Å². The van der Waals surface area contributed by atoms with Crippen molar-refractivity contribution in [2.45, 2.75) is 6.92 Å². The van der Waals surface area contributed by atoms with E-state index in [9.17, 15) is 18.0 Å². The summed E-state index contributed by atoms with van der Waals surface area (Å²) in [5, 5.41) is 3.01. The van der Waals surface area contributed by atoms with Gasteiger partial charge in [-0.25, -0.2) is 13.2 Å². The number of benzene rings is 2. The quantitative estimate of drug-likeness (QED) is 0.600. The first-order valence-electron chi connectivity index (χ1n) is 8.22. The number of rotatable bonds is 7. The molecule has 0 aliphatic carbocycles. The highest BCUT2D eigenvalue weighted by Gasteiger charge is 2.23. The Hall–Kier alpha value is -2.00. The summed E-state index contributed by atoms with van der Waals surface area (Å²) in [5.41, 5.74) is 0.540. The van der Waals surface area contributed by atoms with Crippen molar-refractivity contribution in [3.05, 3.63) is 57.0 Å². The van der Waals surface area contributed by atoms with Gasteiger partial charge in [0, 0.05) is 5.02 Å². The fourth-order valence-electron chi connectivity index (χ4n) is 2.34. The Morgan fingerprint density at radius 3 is 2.31 bits per heavy atom. The molecule has 0 bridgehead atoms. The van der Waals surface area contributed by atoms with Crippen molar-refractivity contribution in [3.63, 3.8) is 0 Å². The van der Waals surface area contributed by atoms with Crippen LogP contribution in [0, 0.1) is 0 Å². The molecule has 29 heavy (non-hydrogen) atoms. The average Bonchev–Trinajstić information content (AvgIpc) is 2.61. The maximum absolute atomic E-state index is 12.5. The summed E-state index contributed by atoms with van der Waals surface area (Å²) in [5.74, 6) is -1.21. The molecule has 0 atom stereocenters. The second-order valence-electron chi connectivity index (χ2n) is 5.83. The molecule has 2 aromatic carbocycles. The zero-order valence-electron chi connectivity index (χ0n) is 15.4. The zero-order valence-corrected chi connectivity index (χ0v) is 18.5. The standard InChI is InChI=1S/C18H17Cl3N2O5S/c1-3-28-18(25)11-4-6-15(13(20)8-11)22-17(24)10-23(29(2,26)27)16-7-5-12(19)9-14(16)21/h4-9H,3,10H2,1-2H3,(H,22,24). The van der Waals surface area contributed by atoms with Crippen LogP contribution in [0.2, 0.25) is 15.1 Å². The number of hydrogen-bond donors (Lipinski definition) is 1. The zero-order chi connectivity index (χ0) is 21.8. The van der Waals surface area contributed by atoms with Crippen molar-refractivity contribution in [2.24, 2.45) is 0 Å². The molecule has 0 saturated heterocycles. The van der Waals surface area contributed by atoms with Gasteiger partial charge in [-0.15, -0.1) is 0 Å². The molecule has 0 spiro atoms. The van der Waals surface area contributed by atoms with Gasteiger partial charge >= 0.3 is 5.97 Å². The van der Waals surface area contributed by atoms with Crippen LogP contribution < -0.4 is 9.62 Å². The van der Waals surface area contributed by atoms with Gasteiger partial charge in [-0.3, -0.25) is 9.10 Å². The first-order chi connectivity index (χ1) is 13.5. The number of anilines is 2. The molecule has 0 fully saturated rings. The molecule has 0 aromatic heterocycles. The molecule has 1 N–H and O–H groups in total. The number of nitrogens with zero attached hydrogens (tertiary/aromatic N) is 1. The van der Waals surface area contributed by atoms with Crippen molar-refractivity contribution in [3.8, 4) is 0 Å². The molecule has 11 heteroatoms. The summed E-state index contributed by atoms with van der Waals surface area (Å²) >= 11 is 18.0. The van der Waals surface area contributed by atoms with Crippen LogP contribution in [0.3, 0.4) is 0 Å². The summed E-state index contributed by atoms with van der Waals surface area (Å²) in [4.78, 5) is 24.2. The van der Waals surface area contributed by atoms with E-state index in [1.165, 1.54) is 36.4 Å². The second kappa shape index (κ2) is 9.67. The number of ether oxygens (including phenoxy) is 1. The molecule has 1 amide bonds. The first-order valence-corrected chi connectivity index (χ1v) is 11.2. The molecule has 0 unspecified atom stereocenters. The number of carbonyl (C=O) groups is 2. The van der Waals surface area contributed by atoms with Crippen LogP contribution in [0.5, 0.6) is 0 Å². The van der Waals surface area contributed by atoms with Gasteiger partial charge < -0.3 is 10.1 Å². The van der Waals surface area contributed by atoms with E-state index in [0.29, 0.717) is 5.02 Å². The topological polar surface area (TPSA) is 92.8 Å². The lowest BCUT2D eigenvalue weighted by atomic mass is 10.2. The normalized spacial score (nSPS) is 11.1. The minimum atomic E-state index is -3.82. The maximum atomic E-state index is 12.5. The van der Waals surface area contributed by atoms with Gasteiger partial charge in [0.25, 0.3) is 0 Å². The lowest BCUT2D eigenvalue weighted by molar-refractivity contribution is -0.114. The number of esters is 1. The number of carbonyl (C=O) groups excluding carboxylic acids is 2. The fraction of sp³-hybridized carbons (Fsp3) is 0.222. The van der Waals surface area contributed by atoms with Gasteiger partial charge in [0.2, 0.25) is 15.9 Å². The summed E-state index contributed by atoms with van der Waals surface area (Å²) in [6.45, 7) is 1.34. The van der Waals surface area contributed by atoms with E-state index in [0.717, 1.165) is 10.6 Å². The molecular formula is C18H17Cl3N2O5S. The summed E-state index contributed by atoms with van der Waals surface area (Å²) in [6, 6.07) is 8.44. The smallest absolute Gasteiger partial charge is 0.338 e. The minimum Gasteiger partial charge on any atom is -0.462 e. The Labute approximate surface area is 183 Å². The van der Waals surface area contributed by atoms with E-state index in [-0.39, 0.29) is 33.6 Å². The second-order valence-corrected chi connectivity index (χ2v) is 8.99. The maximum Gasteiger partial charge on any atom is 0.338 e. The summed E-state index contributed by atoms with van der Waals surface area (Å²) in [6.07, 6.45) is 0.951. The third-order valence-corrected chi connectivity index (χ3v) is 5.60. The Morgan fingerprint density at radius 1 is 1.07 bits per heavy atom. The van der Waals surface area contributed by atoms with Gasteiger partial charge in [-0.05, 0) is 43.3 Å². The molecule has 0 saturated carbocycles. The summed E-state index contributed by atoms with van der Waals surface area (Å²) < 4.78 is 30.1. The highest BCUT2D eigenvalue weighted by Crippen LogP contribution is 2.30. The van der Waals surface area contributed by atoms with Crippen molar-refractivity contribution < 1.29 is 22.7 Å². The van der Waals surface area contributed by atoms with Crippen molar-refractivity contribution in [1.82, 2.24) is 0 Å². The SMILES string of the molecule is CCOC(=O)c1ccc(NC(=O)CN(c2ccc(Cl)cc2Cl)S(C)(=O)=O)c(Cl)c1. The summed E-state index contributed by atoms with van der Waals surface area (Å²) in [7, 11) is -3.82. The van der Waals surface area contributed by atoms with Crippen molar-refractivity contribution in [1.29, 1.82) is 0 Å². The lowest BCUT2D eigenvalue weighted by Gasteiger charge is -2.23. The third-order valence-electron chi connectivity index (χ3n) is 3.62. The third kappa shape index (κ3) is 6.24. The van der Waals surface area contributed by atoms with Crippen LogP contribution in [-0.2, 0) is 19.6 Å². The highest BCUT2D eigenvalue weighted by molar-refractivity contribution is 7.92. The molecule has 2 aromatic rings. The minimum absolute atomic E-state index is 0.0764. The van der Waals surface area contributed by atoms with E-state index >= 15 is 0 Å². The molecule has 2 rings (SSSR count). The Kier molecular flexibility index (Phi) is 7.76. The molecular weight excluding hydrogens is 463 g/mol. The van der Waals surface area contributed by atoms with E-state index in [1.54, 1.807) is 6.92 Å². The van der Waals surface area contributed by atoms with Crippen molar-refractivity contribution >= 4 is 68.1 Å². The van der Waals surface area contributed by atoms with E-state index in [1.807, 2.05) is 0 Å². The number of hydrogen-bond acceptors (Lipinski definition) is 5. The average molecular weight is 480 g/mol. The molecule has 0 aliphatic rings. The van der Waals surface area contributed by atoms with Gasteiger partial charge in [0.1, 0.15) is 6.54 Å². The van der Waals surface area contributed by atoms with Crippen LogP contribution in [0.1, 0.15) is 17.3 Å². The van der Waals surface area contributed by atoms with Crippen LogP contribution in [0.4, 0.5) is 11.4 Å². The molecule has 0 radical (unpaired) electrons. The van der Waals surface area contributed by atoms with E-state index < -0.39 is 28.4 Å².